The van der Waals surface area contributed by atoms with Gasteiger partial charge in [0.2, 0.25) is 6.79 Å². The van der Waals surface area contributed by atoms with E-state index in [-0.39, 0.29) is 0 Å². The van der Waals surface area contributed by atoms with Gasteiger partial charge in [0, 0.05) is 9.99 Å². The summed E-state index contributed by atoms with van der Waals surface area (Å²) in [6.07, 6.45) is 0. The molecule has 0 spiro atoms. The molecule has 0 saturated heterocycles. The zero-order chi connectivity index (χ0) is 7.68. The summed E-state index contributed by atoms with van der Waals surface area (Å²) in [5, 5.41) is 0. The van der Waals surface area contributed by atoms with Crippen molar-refractivity contribution in [3.8, 4) is 11.5 Å². The van der Waals surface area contributed by atoms with Gasteiger partial charge in [0.15, 0.2) is 11.5 Å². The first-order chi connectivity index (χ1) is 5.42. The lowest BCUT2D eigenvalue weighted by molar-refractivity contribution is 0.173. The SMILES string of the molecule is ICc1cccc2c1OCO2. The number of rotatable bonds is 1. The van der Waals surface area contributed by atoms with Gasteiger partial charge < -0.3 is 9.47 Å². The monoisotopic (exact) mass is 262 g/mol. The van der Waals surface area contributed by atoms with Crippen LogP contribution in [0.5, 0.6) is 11.5 Å². The number of ether oxygens (including phenoxy) is 2. The molecule has 0 N–H and O–H groups in total. The lowest BCUT2D eigenvalue weighted by Gasteiger charge is -1.99. The van der Waals surface area contributed by atoms with E-state index in [4.69, 9.17) is 9.47 Å². The Hall–Kier alpha value is -0.450. The van der Waals surface area contributed by atoms with Crippen LogP contribution in [0.4, 0.5) is 0 Å². The smallest absolute Gasteiger partial charge is 0.231 e. The van der Waals surface area contributed by atoms with Crippen molar-refractivity contribution in [3.05, 3.63) is 23.8 Å². The van der Waals surface area contributed by atoms with Gasteiger partial charge in [-0.05, 0) is 6.07 Å². The van der Waals surface area contributed by atoms with Crippen LogP contribution < -0.4 is 9.47 Å². The van der Waals surface area contributed by atoms with Crippen molar-refractivity contribution in [1.29, 1.82) is 0 Å². The predicted molar refractivity (Wildman–Crippen MR) is 50.3 cm³/mol. The van der Waals surface area contributed by atoms with Gasteiger partial charge in [-0.1, -0.05) is 34.7 Å². The number of halogens is 1. The molecule has 1 aromatic rings. The molecular weight excluding hydrogens is 255 g/mol. The molecule has 2 nitrogen and oxygen atoms in total. The second-order valence-corrected chi connectivity index (χ2v) is 3.05. The van der Waals surface area contributed by atoms with Crippen LogP contribution in [0.3, 0.4) is 0 Å². The van der Waals surface area contributed by atoms with Crippen LogP contribution >= 0.6 is 22.6 Å². The maximum Gasteiger partial charge on any atom is 0.231 e. The molecule has 0 fully saturated rings. The third-order valence-corrected chi connectivity index (χ3v) is 2.44. The van der Waals surface area contributed by atoms with E-state index in [1.807, 2.05) is 12.1 Å². The molecule has 0 atom stereocenters. The van der Waals surface area contributed by atoms with E-state index in [1.165, 1.54) is 5.56 Å². The maximum absolute atomic E-state index is 5.29. The minimum absolute atomic E-state index is 0.364. The molecule has 3 heteroatoms. The van der Waals surface area contributed by atoms with E-state index in [2.05, 4.69) is 28.7 Å². The van der Waals surface area contributed by atoms with Crippen molar-refractivity contribution in [2.75, 3.05) is 6.79 Å². The highest BCUT2D eigenvalue weighted by Gasteiger charge is 2.15. The summed E-state index contributed by atoms with van der Waals surface area (Å²) in [6.45, 7) is 0.364. The summed E-state index contributed by atoms with van der Waals surface area (Å²) in [5.74, 6) is 1.79. The minimum atomic E-state index is 0.364. The Labute approximate surface area is 78.6 Å². The molecule has 2 rings (SSSR count). The molecule has 0 unspecified atom stereocenters. The molecule has 11 heavy (non-hydrogen) atoms. The molecule has 0 saturated carbocycles. The number of fused-ring (bicyclic) bond motifs is 1. The molecule has 0 bridgehead atoms. The third kappa shape index (κ3) is 1.17. The van der Waals surface area contributed by atoms with Gasteiger partial charge in [-0.15, -0.1) is 0 Å². The fourth-order valence-electron chi connectivity index (χ4n) is 1.10. The molecule has 1 aliphatic heterocycles. The van der Waals surface area contributed by atoms with Gasteiger partial charge >= 0.3 is 0 Å². The summed E-state index contributed by atoms with van der Waals surface area (Å²) in [5.41, 5.74) is 1.21. The molecule has 1 aromatic carbocycles. The third-order valence-electron chi connectivity index (χ3n) is 1.62. The normalized spacial score (nSPS) is 13.5. The molecule has 0 amide bonds. The van der Waals surface area contributed by atoms with Crippen molar-refractivity contribution < 1.29 is 9.47 Å². The Morgan fingerprint density at radius 2 is 2.27 bits per heavy atom. The highest BCUT2D eigenvalue weighted by molar-refractivity contribution is 14.1. The van der Waals surface area contributed by atoms with Gasteiger partial charge in [-0.3, -0.25) is 0 Å². The second kappa shape index (κ2) is 2.89. The fourth-order valence-corrected chi connectivity index (χ4v) is 1.70. The van der Waals surface area contributed by atoms with Crippen molar-refractivity contribution >= 4 is 22.6 Å². The van der Waals surface area contributed by atoms with Crippen LogP contribution in [-0.2, 0) is 4.43 Å². The summed E-state index contributed by atoms with van der Waals surface area (Å²) < 4.78 is 11.5. The van der Waals surface area contributed by atoms with E-state index < -0.39 is 0 Å². The molecule has 1 heterocycles. The molecule has 0 radical (unpaired) electrons. The first-order valence-corrected chi connectivity index (χ1v) is 4.88. The topological polar surface area (TPSA) is 18.5 Å². The number of para-hydroxylation sites is 1. The van der Waals surface area contributed by atoms with Crippen LogP contribution in [0.1, 0.15) is 5.56 Å². The number of hydrogen-bond acceptors (Lipinski definition) is 2. The van der Waals surface area contributed by atoms with Crippen molar-refractivity contribution in [3.63, 3.8) is 0 Å². The van der Waals surface area contributed by atoms with E-state index in [9.17, 15) is 0 Å². The van der Waals surface area contributed by atoms with Crippen molar-refractivity contribution in [2.24, 2.45) is 0 Å². The highest BCUT2D eigenvalue weighted by atomic mass is 127. The largest absolute Gasteiger partial charge is 0.454 e. The highest BCUT2D eigenvalue weighted by Crippen LogP contribution is 2.36. The molecule has 58 valence electrons. The zero-order valence-electron chi connectivity index (χ0n) is 5.84. The van der Waals surface area contributed by atoms with Gasteiger partial charge in [0.25, 0.3) is 0 Å². The number of alkyl halides is 1. The van der Waals surface area contributed by atoms with Gasteiger partial charge in [0.1, 0.15) is 0 Å². The Kier molecular flexibility index (Phi) is 1.89. The molecule has 0 aromatic heterocycles. The summed E-state index contributed by atoms with van der Waals surface area (Å²) in [6, 6.07) is 5.97. The van der Waals surface area contributed by atoms with Crippen LogP contribution in [0.25, 0.3) is 0 Å². The Morgan fingerprint density at radius 1 is 1.36 bits per heavy atom. The lowest BCUT2D eigenvalue weighted by Crippen LogP contribution is -1.93. The van der Waals surface area contributed by atoms with E-state index in [1.54, 1.807) is 0 Å². The van der Waals surface area contributed by atoms with Crippen LogP contribution in [0, 0.1) is 0 Å². The zero-order valence-corrected chi connectivity index (χ0v) is 8.00. The predicted octanol–water partition coefficient (Wildman–Crippen LogP) is 2.35. The molecule has 0 aliphatic carbocycles. The van der Waals surface area contributed by atoms with Gasteiger partial charge in [-0.25, -0.2) is 0 Å². The lowest BCUT2D eigenvalue weighted by atomic mass is 10.2. The average molecular weight is 262 g/mol. The van der Waals surface area contributed by atoms with Gasteiger partial charge in [0.05, 0.1) is 0 Å². The first-order valence-electron chi connectivity index (χ1n) is 3.35. The Bertz CT molecular complexity index is 273. The quantitative estimate of drug-likeness (QED) is 0.571. The first kappa shape index (κ1) is 7.21. The Morgan fingerprint density at radius 3 is 3.09 bits per heavy atom. The van der Waals surface area contributed by atoms with Crippen molar-refractivity contribution in [1.82, 2.24) is 0 Å². The second-order valence-electron chi connectivity index (χ2n) is 2.28. The summed E-state index contributed by atoms with van der Waals surface area (Å²) >= 11 is 2.31. The maximum atomic E-state index is 5.29. The van der Waals surface area contributed by atoms with Crippen molar-refractivity contribution in [2.45, 2.75) is 4.43 Å². The fraction of sp³-hybridized carbons (Fsp3) is 0.250. The summed E-state index contributed by atoms with van der Waals surface area (Å²) in [4.78, 5) is 0. The number of hydrogen-bond donors (Lipinski definition) is 0. The van der Waals surface area contributed by atoms with E-state index in [0.29, 0.717) is 6.79 Å². The van der Waals surface area contributed by atoms with E-state index >= 15 is 0 Å². The van der Waals surface area contributed by atoms with Crippen LogP contribution in [0.15, 0.2) is 18.2 Å². The summed E-state index contributed by atoms with van der Waals surface area (Å²) in [7, 11) is 0. The minimum Gasteiger partial charge on any atom is -0.454 e. The van der Waals surface area contributed by atoms with Gasteiger partial charge in [-0.2, -0.15) is 0 Å². The van der Waals surface area contributed by atoms with Crippen LogP contribution in [0.2, 0.25) is 0 Å². The standard InChI is InChI=1S/C8H7IO2/c9-4-6-2-1-3-7-8(6)11-5-10-7/h1-3H,4-5H2. The molecule has 1 aliphatic rings. The Balaban J connectivity index is 2.50. The average Bonchev–Trinajstić information content (AvgIpc) is 2.50. The molecular formula is C8H7IO2. The number of benzene rings is 1. The van der Waals surface area contributed by atoms with E-state index in [0.717, 1.165) is 15.9 Å². The van der Waals surface area contributed by atoms with Crippen LogP contribution in [-0.4, -0.2) is 6.79 Å².